The van der Waals surface area contributed by atoms with Crippen LogP contribution in [0.5, 0.6) is 0 Å². The topological polar surface area (TPSA) is 57.8 Å². The molecule has 0 unspecified atom stereocenters. The number of aromatic amines is 1. The second-order valence-electron chi connectivity index (χ2n) is 4.49. The fourth-order valence-corrected chi connectivity index (χ4v) is 2.18. The zero-order valence-corrected chi connectivity index (χ0v) is 13.0. The third-order valence-corrected chi connectivity index (χ3v) is 3.63. The highest BCUT2D eigenvalue weighted by molar-refractivity contribution is 6.42. The molecule has 2 aromatic rings. The summed E-state index contributed by atoms with van der Waals surface area (Å²) in [4.78, 5) is 11.8. The molecule has 4 nitrogen and oxygen atoms in total. The van der Waals surface area contributed by atoms with Crippen molar-refractivity contribution in [3.63, 3.8) is 0 Å². The van der Waals surface area contributed by atoms with E-state index < -0.39 is 0 Å². The van der Waals surface area contributed by atoms with Crippen molar-refractivity contribution in [2.45, 2.75) is 19.8 Å². The number of carbonyl (C=O) groups is 1. The number of nitrogens with zero attached hydrogens (tertiary/aromatic N) is 1. The van der Waals surface area contributed by atoms with Gasteiger partial charge in [-0.2, -0.15) is 5.10 Å². The number of anilines is 1. The fraction of sp³-hybridized carbons (Fsp3) is 0.200. The maximum Gasteiger partial charge on any atom is 0.249 e. The Kier molecular flexibility index (Phi) is 5.42. The summed E-state index contributed by atoms with van der Waals surface area (Å²) in [6.45, 7) is 2.08. The molecule has 0 bridgehead atoms. The second-order valence-corrected chi connectivity index (χ2v) is 5.28. The zero-order valence-electron chi connectivity index (χ0n) is 11.5. The SMILES string of the molecule is CCCc1cc(NC(=O)/C=C/c2cccc(Cl)c2Cl)n[nH]1. The van der Waals surface area contributed by atoms with Crippen LogP contribution in [0.15, 0.2) is 30.3 Å². The first-order valence-corrected chi connectivity index (χ1v) is 7.33. The molecule has 0 fully saturated rings. The Bertz CT molecular complexity index is 665. The first kappa shape index (κ1) is 15.6. The number of nitrogens with one attached hydrogen (secondary N) is 2. The van der Waals surface area contributed by atoms with Crippen LogP contribution in [-0.4, -0.2) is 16.1 Å². The van der Waals surface area contributed by atoms with E-state index in [4.69, 9.17) is 23.2 Å². The van der Waals surface area contributed by atoms with Crippen molar-refractivity contribution < 1.29 is 4.79 Å². The van der Waals surface area contributed by atoms with Crippen LogP contribution in [0.2, 0.25) is 10.0 Å². The molecule has 0 spiro atoms. The smallest absolute Gasteiger partial charge is 0.249 e. The van der Waals surface area contributed by atoms with Gasteiger partial charge in [0, 0.05) is 17.8 Å². The summed E-state index contributed by atoms with van der Waals surface area (Å²) in [6.07, 6.45) is 4.93. The lowest BCUT2D eigenvalue weighted by Crippen LogP contribution is -2.07. The number of carbonyl (C=O) groups excluding carboxylic acids is 1. The molecule has 6 heteroatoms. The van der Waals surface area contributed by atoms with Crippen molar-refractivity contribution in [3.05, 3.63) is 51.6 Å². The molecule has 0 aliphatic heterocycles. The molecule has 2 N–H and O–H groups in total. The summed E-state index contributed by atoms with van der Waals surface area (Å²) in [5.41, 5.74) is 1.68. The molecule has 1 aromatic heterocycles. The average Bonchev–Trinajstić information content (AvgIpc) is 2.88. The molecule has 2 rings (SSSR count). The van der Waals surface area contributed by atoms with Gasteiger partial charge in [-0.1, -0.05) is 48.7 Å². The molecule has 0 aliphatic carbocycles. The predicted molar refractivity (Wildman–Crippen MR) is 86.7 cm³/mol. The van der Waals surface area contributed by atoms with Crippen LogP contribution >= 0.6 is 23.2 Å². The van der Waals surface area contributed by atoms with Crippen molar-refractivity contribution in [2.24, 2.45) is 0 Å². The Morgan fingerprint density at radius 3 is 3.00 bits per heavy atom. The van der Waals surface area contributed by atoms with Crippen LogP contribution in [0.4, 0.5) is 5.82 Å². The minimum absolute atomic E-state index is 0.277. The summed E-state index contributed by atoms with van der Waals surface area (Å²) in [5.74, 6) is 0.228. The monoisotopic (exact) mass is 323 g/mol. The lowest BCUT2D eigenvalue weighted by molar-refractivity contribution is -0.111. The number of aromatic nitrogens is 2. The number of aryl methyl sites for hydroxylation is 1. The highest BCUT2D eigenvalue weighted by atomic mass is 35.5. The third-order valence-electron chi connectivity index (χ3n) is 2.80. The number of hydrogen-bond donors (Lipinski definition) is 2. The number of rotatable bonds is 5. The van der Waals surface area contributed by atoms with E-state index in [1.165, 1.54) is 6.08 Å². The van der Waals surface area contributed by atoms with Gasteiger partial charge in [0.05, 0.1) is 10.0 Å². The van der Waals surface area contributed by atoms with Gasteiger partial charge >= 0.3 is 0 Å². The summed E-state index contributed by atoms with van der Waals surface area (Å²) in [7, 11) is 0. The van der Waals surface area contributed by atoms with E-state index in [9.17, 15) is 4.79 Å². The standard InChI is InChI=1S/C15H15Cl2N3O/c1-2-4-11-9-13(20-19-11)18-14(21)8-7-10-5-3-6-12(16)15(10)17/h3,5-9H,2,4H2,1H3,(H2,18,19,20,21)/b8-7+. The Balaban J connectivity index is 2.00. The van der Waals surface area contributed by atoms with Gasteiger partial charge in [-0.15, -0.1) is 0 Å². The molecule has 1 heterocycles. The summed E-state index contributed by atoms with van der Waals surface area (Å²) >= 11 is 12.0. The molecule has 0 radical (unpaired) electrons. The van der Waals surface area contributed by atoms with Crippen LogP contribution in [-0.2, 0) is 11.2 Å². The van der Waals surface area contributed by atoms with Gasteiger partial charge in [0.15, 0.2) is 5.82 Å². The van der Waals surface area contributed by atoms with E-state index in [-0.39, 0.29) is 5.91 Å². The normalized spacial score (nSPS) is 11.0. The maximum absolute atomic E-state index is 11.8. The lowest BCUT2D eigenvalue weighted by Gasteiger charge is -2.00. The molecule has 21 heavy (non-hydrogen) atoms. The van der Waals surface area contributed by atoms with Crippen molar-refractivity contribution in [1.82, 2.24) is 10.2 Å². The van der Waals surface area contributed by atoms with Gasteiger partial charge in [-0.05, 0) is 24.1 Å². The average molecular weight is 324 g/mol. The van der Waals surface area contributed by atoms with Crippen LogP contribution in [0, 0.1) is 0 Å². The Hall–Kier alpha value is -1.78. The van der Waals surface area contributed by atoms with Gasteiger partial charge in [-0.25, -0.2) is 0 Å². The summed E-state index contributed by atoms with van der Waals surface area (Å²) < 4.78 is 0. The highest BCUT2D eigenvalue weighted by Crippen LogP contribution is 2.26. The Morgan fingerprint density at radius 2 is 2.24 bits per heavy atom. The zero-order chi connectivity index (χ0) is 15.2. The first-order chi connectivity index (χ1) is 10.1. The summed E-state index contributed by atoms with van der Waals surface area (Å²) in [5, 5.41) is 10.5. The fourth-order valence-electron chi connectivity index (χ4n) is 1.81. The van der Waals surface area contributed by atoms with Gasteiger partial charge < -0.3 is 5.32 Å². The molecular formula is C15H15Cl2N3O. The Labute approximate surface area is 133 Å². The summed E-state index contributed by atoms with van der Waals surface area (Å²) in [6, 6.07) is 7.07. The van der Waals surface area contributed by atoms with E-state index in [2.05, 4.69) is 22.4 Å². The number of amides is 1. The minimum Gasteiger partial charge on any atom is -0.306 e. The lowest BCUT2D eigenvalue weighted by atomic mass is 10.2. The van der Waals surface area contributed by atoms with Gasteiger partial charge in [0.1, 0.15) is 0 Å². The molecular weight excluding hydrogens is 309 g/mol. The van der Waals surface area contributed by atoms with Crippen molar-refractivity contribution >= 4 is 41.0 Å². The van der Waals surface area contributed by atoms with Gasteiger partial charge in [0.25, 0.3) is 0 Å². The number of halogens is 2. The van der Waals surface area contributed by atoms with E-state index in [1.54, 1.807) is 24.3 Å². The van der Waals surface area contributed by atoms with Crippen LogP contribution in [0.1, 0.15) is 24.6 Å². The molecule has 0 saturated carbocycles. The highest BCUT2D eigenvalue weighted by Gasteiger charge is 2.04. The first-order valence-electron chi connectivity index (χ1n) is 6.57. The van der Waals surface area contributed by atoms with E-state index in [1.807, 2.05) is 6.07 Å². The van der Waals surface area contributed by atoms with Crippen LogP contribution < -0.4 is 5.32 Å². The molecule has 1 amide bonds. The van der Waals surface area contributed by atoms with Gasteiger partial charge in [0.2, 0.25) is 5.91 Å². The molecule has 0 aliphatic rings. The van der Waals surface area contributed by atoms with Crippen LogP contribution in [0.3, 0.4) is 0 Å². The van der Waals surface area contributed by atoms with Crippen molar-refractivity contribution in [3.8, 4) is 0 Å². The minimum atomic E-state index is -0.277. The predicted octanol–water partition coefficient (Wildman–Crippen LogP) is 4.32. The van der Waals surface area contributed by atoms with E-state index in [0.29, 0.717) is 21.4 Å². The van der Waals surface area contributed by atoms with Gasteiger partial charge in [-0.3, -0.25) is 9.89 Å². The molecule has 0 atom stereocenters. The van der Waals surface area contributed by atoms with E-state index in [0.717, 1.165) is 18.5 Å². The molecule has 1 aromatic carbocycles. The second kappa shape index (κ2) is 7.29. The van der Waals surface area contributed by atoms with Crippen molar-refractivity contribution in [1.29, 1.82) is 0 Å². The maximum atomic E-state index is 11.8. The van der Waals surface area contributed by atoms with Crippen LogP contribution in [0.25, 0.3) is 6.08 Å². The number of benzene rings is 1. The largest absolute Gasteiger partial charge is 0.306 e. The number of hydrogen-bond acceptors (Lipinski definition) is 2. The van der Waals surface area contributed by atoms with Crippen molar-refractivity contribution in [2.75, 3.05) is 5.32 Å². The van der Waals surface area contributed by atoms with E-state index >= 15 is 0 Å². The Morgan fingerprint density at radius 1 is 1.43 bits per heavy atom. The molecule has 0 saturated heterocycles. The quantitative estimate of drug-likeness (QED) is 0.805. The third kappa shape index (κ3) is 4.34. The molecule has 110 valence electrons. The number of H-pyrrole nitrogens is 1.